The van der Waals surface area contributed by atoms with E-state index in [1.807, 2.05) is 6.92 Å². The van der Waals surface area contributed by atoms with E-state index in [1.54, 1.807) is 54.6 Å². The minimum absolute atomic E-state index is 0.300. The topological polar surface area (TPSA) is 95.6 Å². The molecule has 1 atom stereocenters. The van der Waals surface area contributed by atoms with Gasteiger partial charge in [0.05, 0.1) is 17.5 Å². The van der Waals surface area contributed by atoms with Gasteiger partial charge in [-0.3, -0.25) is 9.59 Å². The van der Waals surface area contributed by atoms with Gasteiger partial charge in [-0.05, 0) is 24.1 Å². The first-order valence-corrected chi connectivity index (χ1v) is 10.8. The number of nitrogens with zero attached hydrogens (tertiary/aromatic N) is 1. The third kappa shape index (κ3) is 5.40. The zero-order valence-corrected chi connectivity index (χ0v) is 17.0. The van der Waals surface area contributed by atoms with Crippen LogP contribution in [0.25, 0.3) is 0 Å². The average Bonchev–Trinajstić information content (AvgIpc) is 2.66. The largest absolute Gasteiger partial charge is 0.352 e. The molecule has 28 heavy (non-hydrogen) atoms. The first-order valence-electron chi connectivity index (χ1n) is 8.91. The van der Waals surface area contributed by atoms with E-state index < -0.39 is 22.0 Å². The number of rotatable bonds is 8. The fourth-order valence-corrected chi connectivity index (χ4v) is 3.28. The molecule has 2 N–H and O–H groups in total. The fraction of sp³-hybridized carbons (Fsp3) is 0.300. The molecule has 0 spiro atoms. The third-order valence-electron chi connectivity index (χ3n) is 4.22. The van der Waals surface area contributed by atoms with Crippen LogP contribution >= 0.6 is 0 Å². The highest BCUT2D eigenvalue weighted by Gasteiger charge is 2.31. The molecule has 0 aliphatic heterocycles. The van der Waals surface area contributed by atoms with Crippen LogP contribution in [0.4, 0.5) is 5.69 Å². The summed E-state index contributed by atoms with van der Waals surface area (Å²) in [5.74, 6) is -0.847. The Morgan fingerprint density at radius 1 is 1.04 bits per heavy atom. The van der Waals surface area contributed by atoms with Crippen molar-refractivity contribution in [2.75, 3.05) is 25.2 Å². The molecule has 0 aliphatic rings. The Morgan fingerprint density at radius 3 is 2.25 bits per heavy atom. The maximum atomic E-state index is 13.0. The number of carbonyl (C=O) groups is 2. The second-order valence-electron chi connectivity index (χ2n) is 6.38. The van der Waals surface area contributed by atoms with Crippen LogP contribution in [0.15, 0.2) is 54.6 Å². The van der Waals surface area contributed by atoms with Crippen molar-refractivity contribution in [2.24, 2.45) is 0 Å². The highest BCUT2D eigenvalue weighted by molar-refractivity contribution is 7.88. The van der Waals surface area contributed by atoms with E-state index in [2.05, 4.69) is 10.6 Å². The summed E-state index contributed by atoms with van der Waals surface area (Å²) >= 11 is 0. The Kier molecular flexibility index (Phi) is 7.31. The van der Waals surface area contributed by atoms with Gasteiger partial charge in [0, 0.05) is 13.6 Å². The molecule has 0 aromatic heterocycles. The number of benzene rings is 2. The molecule has 2 amide bonds. The molecule has 0 aliphatic carbocycles. The van der Waals surface area contributed by atoms with Gasteiger partial charge in [0.25, 0.3) is 5.91 Å². The van der Waals surface area contributed by atoms with E-state index in [-0.39, 0.29) is 5.91 Å². The lowest BCUT2D eigenvalue weighted by atomic mass is 10.1. The highest BCUT2D eigenvalue weighted by Crippen LogP contribution is 2.25. The number of para-hydroxylation sites is 1. The summed E-state index contributed by atoms with van der Waals surface area (Å²) in [6.45, 7) is 2.46. The molecule has 0 bridgehead atoms. The lowest BCUT2D eigenvalue weighted by Crippen LogP contribution is -2.38. The number of hydrogen-bond donors (Lipinski definition) is 2. The predicted molar refractivity (Wildman–Crippen MR) is 109 cm³/mol. The Morgan fingerprint density at radius 2 is 1.64 bits per heavy atom. The SMILES string of the molecule is CCCNC(=O)c1ccccc1NC(=O)[C@@H](c1ccccc1)N(C)S(C)(=O)=O. The van der Waals surface area contributed by atoms with E-state index >= 15 is 0 Å². The molecule has 2 aromatic carbocycles. The van der Waals surface area contributed by atoms with Crippen LogP contribution in [-0.4, -0.2) is 44.4 Å². The number of nitrogens with one attached hydrogen (secondary N) is 2. The zero-order valence-electron chi connectivity index (χ0n) is 16.2. The summed E-state index contributed by atoms with van der Waals surface area (Å²) < 4.78 is 25.2. The Labute approximate surface area is 165 Å². The van der Waals surface area contributed by atoms with Crippen LogP contribution in [0.1, 0.15) is 35.3 Å². The van der Waals surface area contributed by atoms with Gasteiger partial charge in [-0.2, -0.15) is 4.31 Å². The van der Waals surface area contributed by atoms with Crippen LogP contribution in [0.5, 0.6) is 0 Å². The second kappa shape index (κ2) is 9.48. The Bertz CT molecular complexity index is 929. The smallest absolute Gasteiger partial charge is 0.253 e. The monoisotopic (exact) mass is 403 g/mol. The van der Waals surface area contributed by atoms with Crippen LogP contribution in [0.2, 0.25) is 0 Å². The van der Waals surface area contributed by atoms with Crippen LogP contribution in [0.3, 0.4) is 0 Å². The van der Waals surface area contributed by atoms with Gasteiger partial charge in [0.15, 0.2) is 0 Å². The van der Waals surface area contributed by atoms with Crippen molar-refractivity contribution in [3.05, 3.63) is 65.7 Å². The molecule has 2 rings (SSSR count). The van der Waals surface area contributed by atoms with Crippen LogP contribution in [0, 0.1) is 0 Å². The van der Waals surface area contributed by atoms with Gasteiger partial charge >= 0.3 is 0 Å². The van der Waals surface area contributed by atoms with E-state index in [0.29, 0.717) is 23.4 Å². The quantitative estimate of drug-likeness (QED) is 0.707. The second-order valence-corrected chi connectivity index (χ2v) is 8.43. The van der Waals surface area contributed by atoms with Gasteiger partial charge < -0.3 is 10.6 Å². The molecule has 0 fully saturated rings. The summed E-state index contributed by atoms with van der Waals surface area (Å²) in [4.78, 5) is 25.4. The number of sulfonamides is 1. The molecule has 0 heterocycles. The van der Waals surface area contributed by atoms with Crippen molar-refractivity contribution < 1.29 is 18.0 Å². The molecule has 8 heteroatoms. The van der Waals surface area contributed by atoms with Crippen LogP contribution < -0.4 is 10.6 Å². The van der Waals surface area contributed by atoms with Gasteiger partial charge in [-0.15, -0.1) is 0 Å². The number of hydrogen-bond acceptors (Lipinski definition) is 4. The first kappa shape index (κ1) is 21.6. The normalized spacial score (nSPS) is 12.4. The first-order chi connectivity index (χ1) is 13.3. The maximum Gasteiger partial charge on any atom is 0.253 e. The lowest BCUT2D eigenvalue weighted by molar-refractivity contribution is -0.119. The Hall–Kier alpha value is -2.71. The van der Waals surface area contributed by atoms with Crippen molar-refractivity contribution in [3.63, 3.8) is 0 Å². The fourth-order valence-electron chi connectivity index (χ4n) is 2.68. The molecular formula is C20H25N3O4S. The summed E-state index contributed by atoms with van der Waals surface area (Å²) in [5.41, 5.74) is 1.17. The predicted octanol–water partition coefficient (Wildman–Crippen LogP) is 2.40. The molecule has 7 nitrogen and oxygen atoms in total. The molecular weight excluding hydrogens is 378 g/mol. The van der Waals surface area contributed by atoms with Crippen molar-refractivity contribution in [1.82, 2.24) is 9.62 Å². The minimum atomic E-state index is -3.63. The van der Waals surface area contributed by atoms with Crippen molar-refractivity contribution in [2.45, 2.75) is 19.4 Å². The summed E-state index contributed by atoms with van der Waals surface area (Å²) in [7, 11) is -2.28. The van der Waals surface area contributed by atoms with E-state index in [4.69, 9.17) is 0 Å². The lowest BCUT2D eigenvalue weighted by Gasteiger charge is -2.26. The average molecular weight is 404 g/mol. The summed E-state index contributed by atoms with van der Waals surface area (Å²) in [6, 6.07) is 14.2. The van der Waals surface area contributed by atoms with Crippen molar-refractivity contribution >= 4 is 27.5 Å². The molecule has 0 radical (unpaired) electrons. The van der Waals surface area contributed by atoms with Crippen molar-refractivity contribution in [1.29, 1.82) is 0 Å². The molecule has 0 saturated heterocycles. The number of carbonyl (C=O) groups excluding carboxylic acids is 2. The Balaban J connectivity index is 2.36. The van der Waals surface area contributed by atoms with Crippen LogP contribution in [-0.2, 0) is 14.8 Å². The summed E-state index contributed by atoms with van der Waals surface area (Å²) in [6.07, 6.45) is 1.83. The molecule has 2 aromatic rings. The standard InChI is InChI=1S/C20H25N3O4S/c1-4-14-21-19(24)16-12-8-9-13-17(16)22-20(25)18(23(2)28(3,26)27)15-10-6-5-7-11-15/h5-13,18H,4,14H2,1-3H3,(H,21,24)(H,22,25)/t18-/m1/s1. The number of likely N-dealkylation sites (N-methyl/N-ethyl adjacent to an activating group) is 1. The molecule has 150 valence electrons. The van der Waals surface area contributed by atoms with Gasteiger partial charge in [-0.25, -0.2) is 8.42 Å². The van der Waals surface area contributed by atoms with Gasteiger partial charge in [-0.1, -0.05) is 49.4 Å². The third-order valence-corrected chi connectivity index (χ3v) is 5.47. The minimum Gasteiger partial charge on any atom is -0.352 e. The summed E-state index contributed by atoms with van der Waals surface area (Å²) in [5, 5.41) is 5.49. The zero-order chi connectivity index (χ0) is 20.7. The molecule has 0 saturated carbocycles. The molecule has 0 unspecified atom stereocenters. The highest BCUT2D eigenvalue weighted by atomic mass is 32.2. The number of anilines is 1. The maximum absolute atomic E-state index is 13.0. The van der Waals surface area contributed by atoms with Gasteiger partial charge in [0.1, 0.15) is 6.04 Å². The number of amides is 2. The van der Waals surface area contributed by atoms with E-state index in [1.165, 1.54) is 7.05 Å². The van der Waals surface area contributed by atoms with Crippen molar-refractivity contribution in [3.8, 4) is 0 Å². The van der Waals surface area contributed by atoms with E-state index in [9.17, 15) is 18.0 Å². The van der Waals surface area contributed by atoms with Gasteiger partial charge in [0.2, 0.25) is 15.9 Å². The van der Waals surface area contributed by atoms with E-state index in [0.717, 1.165) is 17.0 Å².